The standard InChI is InChI=1S/C26H28FN3O2S/c1-17-24(33-18(2)28-17)26(32)30(22-15-9-12-20(27)16-22)23(19-10-5-3-6-11-19)25(31)29-21-13-7-4-8-14-21/h3,5-6,9-12,15-16,21,23H,4,7-8,13-14H2,1-2H3,(H,29,31). The molecule has 3 aromatic rings. The van der Waals surface area contributed by atoms with Crippen LogP contribution in [0.4, 0.5) is 10.1 Å². The van der Waals surface area contributed by atoms with Gasteiger partial charge in [0.05, 0.1) is 10.7 Å². The van der Waals surface area contributed by atoms with E-state index < -0.39 is 11.9 Å². The van der Waals surface area contributed by atoms with E-state index in [2.05, 4.69) is 10.3 Å². The van der Waals surface area contributed by atoms with Crippen LogP contribution in [0.5, 0.6) is 0 Å². The predicted molar refractivity (Wildman–Crippen MR) is 129 cm³/mol. The second-order valence-corrected chi connectivity index (χ2v) is 9.66. The lowest BCUT2D eigenvalue weighted by atomic mass is 9.94. The Balaban J connectivity index is 1.81. The highest BCUT2D eigenvalue weighted by atomic mass is 32.1. The molecule has 1 saturated carbocycles. The molecule has 0 aliphatic heterocycles. The first kappa shape index (κ1) is 23.1. The van der Waals surface area contributed by atoms with E-state index in [1.165, 1.54) is 34.8 Å². The largest absolute Gasteiger partial charge is 0.351 e. The second-order valence-electron chi connectivity index (χ2n) is 8.46. The first-order chi connectivity index (χ1) is 15.9. The van der Waals surface area contributed by atoms with Gasteiger partial charge < -0.3 is 5.32 Å². The molecule has 1 N–H and O–H groups in total. The van der Waals surface area contributed by atoms with E-state index >= 15 is 0 Å². The van der Waals surface area contributed by atoms with Gasteiger partial charge in [0.25, 0.3) is 5.91 Å². The molecule has 1 heterocycles. The maximum atomic E-state index is 14.3. The van der Waals surface area contributed by atoms with Crippen molar-refractivity contribution in [2.45, 2.75) is 58.0 Å². The molecule has 2 amide bonds. The van der Waals surface area contributed by atoms with E-state index in [0.717, 1.165) is 30.7 Å². The van der Waals surface area contributed by atoms with Crippen molar-refractivity contribution in [1.29, 1.82) is 0 Å². The number of aryl methyl sites for hydroxylation is 2. The molecule has 0 saturated heterocycles. The fourth-order valence-corrected chi connectivity index (χ4v) is 5.29. The van der Waals surface area contributed by atoms with Crippen molar-refractivity contribution in [3.63, 3.8) is 0 Å². The van der Waals surface area contributed by atoms with Crippen molar-refractivity contribution < 1.29 is 14.0 Å². The monoisotopic (exact) mass is 465 g/mol. The molecule has 0 radical (unpaired) electrons. The first-order valence-electron chi connectivity index (χ1n) is 11.3. The zero-order chi connectivity index (χ0) is 23.4. The molecule has 1 aromatic heterocycles. The van der Waals surface area contributed by atoms with E-state index in [1.54, 1.807) is 19.1 Å². The van der Waals surface area contributed by atoms with Crippen LogP contribution in [0, 0.1) is 19.7 Å². The Bertz CT molecular complexity index is 1130. The van der Waals surface area contributed by atoms with Crippen LogP contribution in [-0.4, -0.2) is 22.8 Å². The Kier molecular flexibility index (Phi) is 7.18. The molecule has 0 spiro atoms. The third-order valence-corrected chi connectivity index (χ3v) is 7.04. The summed E-state index contributed by atoms with van der Waals surface area (Å²) >= 11 is 1.28. The number of carbonyl (C=O) groups is 2. The van der Waals surface area contributed by atoms with Crippen molar-refractivity contribution in [3.05, 3.63) is 81.6 Å². The van der Waals surface area contributed by atoms with Crippen LogP contribution in [-0.2, 0) is 4.79 Å². The van der Waals surface area contributed by atoms with Gasteiger partial charge in [-0.15, -0.1) is 11.3 Å². The number of halogens is 1. The zero-order valence-corrected chi connectivity index (χ0v) is 19.7. The topological polar surface area (TPSA) is 62.3 Å². The number of thiazole rings is 1. The van der Waals surface area contributed by atoms with Crippen molar-refractivity contribution in [3.8, 4) is 0 Å². The van der Waals surface area contributed by atoms with Gasteiger partial charge in [0, 0.05) is 11.7 Å². The SMILES string of the molecule is Cc1nc(C)c(C(=O)N(c2cccc(F)c2)C(C(=O)NC2CCCCC2)c2ccccc2)s1. The van der Waals surface area contributed by atoms with Crippen molar-refractivity contribution in [1.82, 2.24) is 10.3 Å². The summed E-state index contributed by atoms with van der Waals surface area (Å²) in [5.74, 6) is -1.09. The number of nitrogens with one attached hydrogen (secondary N) is 1. The molecular weight excluding hydrogens is 437 g/mol. The molecule has 1 unspecified atom stereocenters. The lowest BCUT2D eigenvalue weighted by molar-refractivity contribution is -0.123. The molecular formula is C26H28FN3O2S. The quantitative estimate of drug-likeness (QED) is 0.505. The molecule has 7 heteroatoms. The minimum atomic E-state index is -0.941. The predicted octanol–water partition coefficient (Wildman–Crippen LogP) is 5.74. The van der Waals surface area contributed by atoms with Crippen molar-refractivity contribution >= 4 is 28.8 Å². The van der Waals surface area contributed by atoms with Crippen LogP contribution in [0.25, 0.3) is 0 Å². The van der Waals surface area contributed by atoms with Gasteiger partial charge in [-0.3, -0.25) is 14.5 Å². The number of hydrogen-bond donors (Lipinski definition) is 1. The summed E-state index contributed by atoms with van der Waals surface area (Å²) in [4.78, 5) is 33.9. The Labute approximate surface area is 197 Å². The summed E-state index contributed by atoms with van der Waals surface area (Å²) in [5.41, 5.74) is 1.60. The zero-order valence-electron chi connectivity index (χ0n) is 18.9. The molecule has 1 aliphatic rings. The van der Waals surface area contributed by atoms with Crippen LogP contribution in [0.2, 0.25) is 0 Å². The van der Waals surface area contributed by atoms with E-state index in [-0.39, 0.29) is 17.9 Å². The maximum absolute atomic E-state index is 14.3. The average Bonchev–Trinajstić information content (AvgIpc) is 3.16. The fraction of sp³-hybridized carbons (Fsp3) is 0.346. The molecule has 33 heavy (non-hydrogen) atoms. The van der Waals surface area contributed by atoms with Gasteiger partial charge in [-0.25, -0.2) is 9.37 Å². The molecule has 1 atom stereocenters. The number of rotatable bonds is 6. The highest BCUT2D eigenvalue weighted by Crippen LogP contribution is 2.33. The van der Waals surface area contributed by atoms with Crippen molar-refractivity contribution in [2.75, 3.05) is 4.90 Å². The Morgan fingerprint density at radius 1 is 1.06 bits per heavy atom. The highest BCUT2D eigenvalue weighted by molar-refractivity contribution is 7.13. The van der Waals surface area contributed by atoms with Gasteiger partial charge in [-0.05, 0) is 50.5 Å². The minimum absolute atomic E-state index is 0.0781. The van der Waals surface area contributed by atoms with Gasteiger partial charge in [-0.2, -0.15) is 0 Å². The smallest absolute Gasteiger partial charge is 0.271 e. The van der Waals surface area contributed by atoms with Crippen LogP contribution in [0.1, 0.15) is 64.1 Å². The molecule has 1 fully saturated rings. The summed E-state index contributed by atoms with van der Waals surface area (Å²) in [6.45, 7) is 3.62. The summed E-state index contributed by atoms with van der Waals surface area (Å²) in [7, 11) is 0. The number of aromatic nitrogens is 1. The fourth-order valence-electron chi connectivity index (χ4n) is 4.43. The third-order valence-electron chi connectivity index (χ3n) is 5.98. The molecule has 2 aromatic carbocycles. The average molecular weight is 466 g/mol. The summed E-state index contributed by atoms with van der Waals surface area (Å²) in [5, 5.41) is 3.93. The summed E-state index contributed by atoms with van der Waals surface area (Å²) < 4.78 is 14.3. The number of amides is 2. The molecule has 0 bridgehead atoms. The Morgan fingerprint density at radius 3 is 2.42 bits per heavy atom. The number of anilines is 1. The maximum Gasteiger partial charge on any atom is 0.271 e. The van der Waals surface area contributed by atoms with E-state index in [0.29, 0.717) is 21.8 Å². The minimum Gasteiger partial charge on any atom is -0.351 e. The van der Waals surface area contributed by atoms with Crippen molar-refractivity contribution in [2.24, 2.45) is 0 Å². The molecule has 4 rings (SSSR count). The van der Waals surface area contributed by atoms with Crippen LogP contribution in [0.15, 0.2) is 54.6 Å². The molecule has 172 valence electrons. The lowest BCUT2D eigenvalue weighted by Gasteiger charge is -2.33. The van der Waals surface area contributed by atoms with Gasteiger partial charge in [0.2, 0.25) is 5.91 Å². The number of benzene rings is 2. The first-order valence-corrected chi connectivity index (χ1v) is 12.1. The number of hydrogen-bond acceptors (Lipinski definition) is 4. The van der Waals surface area contributed by atoms with Gasteiger partial charge in [0.15, 0.2) is 0 Å². The molecule has 5 nitrogen and oxygen atoms in total. The van der Waals surface area contributed by atoms with E-state index in [4.69, 9.17) is 0 Å². The lowest BCUT2D eigenvalue weighted by Crippen LogP contribution is -2.47. The number of carbonyl (C=O) groups excluding carboxylic acids is 2. The van der Waals surface area contributed by atoms with Gasteiger partial charge in [-0.1, -0.05) is 55.7 Å². The van der Waals surface area contributed by atoms with Gasteiger partial charge >= 0.3 is 0 Å². The Hall–Kier alpha value is -3.06. The van der Waals surface area contributed by atoms with E-state index in [1.807, 2.05) is 37.3 Å². The van der Waals surface area contributed by atoms with Gasteiger partial charge in [0.1, 0.15) is 16.7 Å². The summed E-state index contributed by atoms with van der Waals surface area (Å²) in [6.07, 6.45) is 5.18. The van der Waals surface area contributed by atoms with Crippen LogP contribution < -0.4 is 10.2 Å². The number of nitrogens with zero attached hydrogens (tertiary/aromatic N) is 2. The third kappa shape index (κ3) is 5.30. The summed E-state index contributed by atoms with van der Waals surface area (Å²) in [6, 6.07) is 14.2. The second kappa shape index (κ2) is 10.3. The van der Waals surface area contributed by atoms with Crippen LogP contribution >= 0.6 is 11.3 Å². The normalized spacial score (nSPS) is 15.1. The van der Waals surface area contributed by atoms with E-state index in [9.17, 15) is 14.0 Å². The Morgan fingerprint density at radius 2 is 1.79 bits per heavy atom. The van der Waals surface area contributed by atoms with Crippen LogP contribution in [0.3, 0.4) is 0 Å². The molecule has 1 aliphatic carbocycles. The highest BCUT2D eigenvalue weighted by Gasteiger charge is 2.36.